The van der Waals surface area contributed by atoms with Gasteiger partial charge < -0.3 is 10.2 Å². The number of anilines is 1. The number of nitrogens with zero attached hydrogens (tertiary/aromatic N) is 1. The molecule has 1 aliphatic carbocycles. The molecule has 2 fully saturated rings. The Balaban J connectivity index is 1.89. The van der Waals surface area contributed by atoms with Gasteiger partial charge in [-0.25, -0.2) is 8.78 Å². The van der Waals surface area contributed by atoms with Gasteiger partial charge in [-0.05, 0) is 25.0 Å². The maximum absolute atomic E-state index is 13.9. The van der Waals surface area contributed by atoms with Gasteiger partial charge in [-0.1, -0.05) is 12.8 Å². The molecular formula is C14H18F2N2. The molecular weight excluding hydrogens is 234 g/mol. The van der Waals surface area contributed by atoms with Gasteiger partial charge >= 0.3 is 0 Å². The predicted molar refractivity (Wildman–Crippen MR) is 67.8 cm³/mol. The summed E-state index contributed by atoms with van der Waals surface area (Å²) in [7, 11) is 0. The first kappa shape index (κ1) is 11.9. The molecule has 3 rings (SSSR count). The summed E-state index contributed by atoms with van der Waals surface area (Å²) >= 11 is 0. The van der Waals surface area contributed by atoms with Gasteiger partial charge in [0.05, 0.1) is 5.69 Å². The molecule has 0 aromatic heterocycles. The molecule has 0 radical (unpaired) electrons. The summed E-state index contributed by atoms with van der Waals surface area (Å²) < 4.78 is 26.9. The lowest BCUT2D eigenvalue weighted by Gasteiger charge is -2.46. The Kier molecular flexibility index (Phi) is 3.20. The van der Waals surface area contributed by atoms with Gasteiger partial charge in [0.2, 0.25) is 0 Å². The van der Waals surface area contributed by atoms with E-state index >= 15 is 0 Å². The van der Waals surface area contributed by atoms with Crippen molar-refractivity contribution in [1.82, 2.24) is 5.32 Å². The second kappa shape index (κ2) is 4.84. The minimum Gasteiger partial charge on any atom is -0.363 e. The molecule has 98 valence electrons. The number of halogens is 2. The zero-order chi connectivity index (χ0) is 12.5. The highest BCUT2D eigenvalue weighted by molar-refractivity contribution is 5.50. The summed E-state index contributed by atoms with van der Waals surface area (Å²) in [5.41, 5.74) is 0.551. The minimum atomic E-state index is -0.508. The van der Waals surface area contributed by atoms with E-state index in [0.29, 0.717) is 17.8 Å². The Bertz CT molecular complexity index is 434. The first-order valence-electron chi connectivity index (χ1n) is 6.71. The highest BCUT2D eigenvalue weighted by atomic mass is 19.1. The summed E-state index contributed by atoms with van der Waals surface area (Å²) in [5.74, 6) is -0.951. The lowest BCUT2D eigenvalue weighted by Crippen LogP contribution is -2.59. The van der Waals surface area contributed by atoms with Crippen LogP contribution in [-0.4, -0.2) is 25.2 Å². The highest BCUT2D eigenvalue weighted by Gasteiger charge is 2.34. The topological polar surface area (TPSA) is 15.3 Å². The first-order chi connectivity index (χ1) is 8.75. The van der Waals surface area contributed by atoms with Crippen LogP contribution in [0, 0.1) is 11.6 Å². The second-order valence-electron chi connectivity index (χ2n) is 5.20. The molecule has 0 bridgehead atoms. The lowest BCUT2D eigenvalue weighted by molar-refractivity contribution is 0.282. The largest absolute Gasteiger partial charge is 0.363 e. The molecule has 1 saturated carbocycles. The average Bonchev–Trinajstić information content (AvgIpc) is 2.38. The zero-order valence-electron chi connectivity index (χ0n) is 10.3. The fourth-order valence-electron chi connectivity index (χ4n) is 3.27. The SMILES string of the molecule is Fc1ccc(N2CCN[C@H]3CCCC[C@@H]32)c(F)c1. The molecule has 2 aliphatic rings. The number of piperazine rings is 1. The van der Waals surface area contributed by atoms with Crippen LogP contribution in [0.2, 0.25) is 0 Å². The molecule has 4 heteroatoms. The maximum atomic E-state index is 13.9. The van der Waals surface area contributed by atoms with Gasteiger partial charge in [-0.15, -0.1) is 0 Å². The monoisotopic (exact) mass is 252 g/mol. The molecule has 1 saturated heterocycles. The third-order valence-corrected chi connectivity index (χ3v) is 4.11. The number of nitrogens with one attached hydrogen (secondary N) is 1. The summed E-state index contributed by atoms with van der Waals surface area (Å²) in [6.07, 6.45) is 4.69. The van der Waals surface area contributed by atoms with Crippen molar-refractivity contribution in [1.29, 1.82) is 0 Å². The van der Waals surface area contributed by atoms with Gasteiger partial charge in [0.15, 0.2) is 0 Å². The molecule has 0 amide bonds. The van der Waals surface area contributed by atoms with Gasteiger partial charge in [0.25, 0.3) is 0 Å². The summed E-state index contributed by atoms with van der Waals surface area (Å²) in [4.78, 5) is 2.12. The van der Waals surface area contributed by atoms with Crippen molar-refractivity contribution in [3.05, 3.63) is 29.8 Å². The number of benzene rings is 1. The van der Waals surface area contributed by atoms with Crippen LogP contribution < -0.4 is 10.2 Å². The van der Waals surface area contributed by atoms with Gasteiger partial charge in [-0.2, -0.15) is 0 Å². The van der Waals surface area contributed by atoms with E-state index < -0.39 is 11.6 Å². The average molecular weight is 252 g/mol. The smallest absolute Gasteiger partial charge is 0.149 e. The molecule has 18 heavy (non-hydrogen) atoms. The molecule has 1 N–H and O–H groups in total. The maximum Gasteiger partial charge on any atom is 0.149 e. The number of rotatable bonds is 1. The van der Waals surface area contributed by atoms with Crippen LogP contribution >= 0.6 is 0 Å². The summed E-state index contributed by atoms with van der Waals surface area (Å²) in [5, 5.41) is 3.51. The third-order valence-electron chi connectivity index (χ3n) is 4.11. The van der Waals surface area contributed by atoms with Gasteiger partial charge in [-0.3, -0.25) is 0 Å². The van der Waals surface area contributed by atoms with E-state index in [-0.39, 0.29) is 0 Å². The van der Waals surface area contributed by atoms with E-state index in [4.69, 9.17) is 0 Å². The number of hydrogen-bond acceptors (Lipinski definition) is 2. The van der Waals surface area contributed by atoms with E-state index in [1.807, 2.05) is 0 Å². The molecule has 2 nitrogen and oxygen atoms in total. The quantitative estimate of drug-likeness (QED) is 0.826. The van der Waals surface area contributed by atoms with Crippen molar-refractivity contribution in [3.63, 3.8) is 0 Å². The lowest BCUT2D eigenvalue weighted by atomic mass is 9.87. The molecule has 2 atom stereocenters. The van der Waals surface area contributed by atoms with Crippen molar-refractivity contribution in [2.24, 2.45) is 0 Å². The first-order valence-corrected chi connectivity index (χ1v) is 6.71. The summed E-state index contributed by atoms with van der Waals surface area (Å²) in [6, 6.07) is 4.71. The van der Waals surface area contributed by atoms with Crippen LogP contribution in [0.1, 0.15) is 25.7 Å². The zero-order valence-corrected chi connectivity index (χ0v) is 10.3. The van der Waals surface area contributed by atoms with Gasteiger partial charge in [0, 0.05) is 31.2 Å². The van der Waals surface area contributed by atoms with Crippen molar-refractivity contribution in [3.8, 4) is 0 Å². The Morgan fingerprint density at radius 1 is 1.17 bits per heavy atom. The van der Waals surface area contributed by atoms with Crippen molar-refractivity contribution in [2.45, 2.75) is 37.8 Å². The second-order valence-corrected chi connectivity index (χ2v) is 5.20. The van der Waals surface area contributed by atoms with Crippen LogP contribution in [0.4, 0.5) is 14.5 Å². The molecule has 1 heterocycles. The van der Waals surface area contributed by atoms with E-state index in [0.717, 1.165) is 32.0 Å². The molecule has 1 aromatic carbocycles. The fourth-order valence-corrected chi connectivity index (χ4v) is 3.27. The van der Waals surface area contributed by atoms with Crippen LogP contribution in [0.5, 0.6) is 0 Å². The number of hydrogen-bond donors (Lipinski definition) is 1. The van der Waals surface area contributed by atoms with Crippen LogP contribution in [0.3, 0.4) is 0 Å². The van der Waals surface area contributed by atoms with E-state index in [1.165, 1.54) is 18.9 Å². The van der Waals surface area contributed by atoms with E-state index in [9.17, 15) is 8.78 Å². The Labute approximate surface area is 106 Å². The normalized spacial score (nSPS) is 28.0. The van der Waals surface area contributed by atoms with Crippen molar-refractivity contribution >= 4 is 5.69 Å². The van der Waals surface area contributed by atoms with Crippen molar-refractivity contribution in [2.75, 3.05) is 18.0 Å². The van der Waals surface area contributed by atoms with Crippen molar-refractivity contribution < 1.29 is 8.78 Å². The highest BCUT2D eigenvalue weighted by Crippen LogP contribution is 2.31. The van der Waals surface area contributed by atoms with Crippen LogP contribution in [-0.2, 0) is 0 Å². The van der Waals surface area contributed by atoms with Crippen LogP contribution in [0.15, 0.2) is 18.2 Å². The van der Waals surface area contributed by atoms with Crippen LogP contribution in [0.25, 0.3) is 0 Å². The Morgan fingerprint density at radius 2 is 2.00 bits per heavy atom. The minimum absolute atomic E-state index is 0.354. The predicted octanol–water partition coefficient (Wildman–Crippen LogP) is 2.69. The number of fused-ring (bicyclic) bond motifs is 1. The summed E-state index contributed by atoms with van der Waals surface area (Å²) in [6.45, 7) is 1.67. The Hall–Kier alpha value is -1.16. The van der Waals surface area contributed by atoms with Gasteiger partial charge in [0.1, 0.15) is 11.6 Å². The Morgan fingerprint density at radius 3 is 2.83 bits per heavy atom. The third kappa shape index (κ3) is 2.09. The molecule has 0 unspecified atom stereocenters. The fraction of sp³-hybridized carbons (Fsp3) is 0.571. The van der Waals surface area contributed by atoms with E-state index in [2.05, 4.69) is 10.2 Å². The standard InChI is InChI=1S/C14H18F2N2/c15-10-5-6-13(11(16)9-10)18-8-7-17-12-3-1-2-4-14(12)18/h5-6,9,12,14,17H,1-4,7-8H2/t12-,14-/m0/s1. The molecule has 0 spiro atoms. The molecule has 1 aliphatic heterocycles. The molecule has 1 aromatic rings. The van der Waals surface area contributed by atoms with E-state index in [1.54, 1.807) is 6.07 Å².